The van der Waals surface area contributed by atoms with E-state index in [0.29, 0.717) is 16.9 Å². The first-order valence-corrected chi connectivity index (χ1v) is 6.85. The van der Waals surface area contributed by atoms with E-state index < -0.39 is 0 Å². The summed E-state index contributed by atoms with van der Waals surface area (Å²) < 4.78 is 5.00. The Morgan fingerprint density at radius 3 is 2.50 bits per heavy atom. The molecule has 1 aliphatic rings. The lowest BCUT2D eigenvalue weighted by Gasteiger charge is -2.45. The van der Waals surface area contributed by atoms with Gasteiger partial charge in [-0.1, -0.05) is 32.9 Å². The van der Waals surface area contributed by atoms with Gasteiger partial charge < -0.3 is 9.84 Å². The Balaban J connectivity index is 1.82. The summed E-state index contributed by atoms with van der Waals surface area (Å²) in [4.78, 5) is 4.04. The maximum Gasteiger partial charge on any atom is 0.227 e. The van der Waals surface area contributed by atoms with Crippen molar-refractivity contribution in [2.45, 2.75) is 59.4 Å². The van der Waals surface area contributed by atoms with Crippen LogP contribution >= 0.6 is 0 Å². The maximum atomic E-state index is 5.00. The molecule has 0 saturated heterocycles. The smallest absolute Gasteiger partial charge is 0.227 e. The summed E-state index contributed by atoms with van der Waals surface area (Å²) in [6.07, 6.45) is 6.09. The highest BCUT2D eigenvalue weighted by atomic mass is 16.5. The lowest BCUT2D eigenvalue weighted by atomic mass is 9.63. The number of nitrogens with zero attached hydrogens (tertiary/aromatic N) is 2. The molecular formula is C14H25N3O. The van der Waals surface area contributed by atoms with Crippen LogP contribution in [-0.4, -0.2) is 22.7 Å². The molecule has 18 heavy (non-hydrogen) atoms. The molecule has 102 valence electrons. The second-order valence-corrected chi connectivity index (χ2v) is 7.15. The van der Waals surface area contributed by atoms with Crippen molar-refractivity contribution in [3.8, 4) is 0 Å². The van der Waals surface area contributed by atoms with E-state index in [9.17, 15) is 0 Å². The van der Waals surface area contributed by atoms with Crippen LogP contribution in [0.25, 0.3) is 0 Å². The van der Waals surface area contributed by atoms with Crippen LogP contribution in [0.5, 0.6) is 0 Å². The monoisotopic (exact) mass is 251 g/mol. The Bertz CT molecular complexity index is 354. The van der Waals surface area contributed by atoms with E-state index in [4.69, 9.17) is 4.52 Å². The Kier molecular flexibility index (Phi) is 3.76. The molecule has 1 saturated carbocycles. The Morgan fingerprint density at radius 1 is 1.28 bits per heavy atom. The fourth-order valence-corrected chi connectivity index (χ4v) is 3.68. The zero-order valence-electron chi connectivity index (χ0n) is 12.0. The van der Waals surface area contributed by atoms with E-state index in [0.717, 1.165) is 18.9 Å². The first kappa shape index (κ1) is 13.5. The summed E-state index contributed by atoms with van der Waals surface area (Å²) in [7, 11) is 0. The number of nitrogens with one attached hydrogen (secondary N) is 1. The summed E-state index contributed by atoms with van der Waals surface area (Å²) in [5.41, 5.74) is 0.869. The topological polar surface area (TPSA) is 51.0 Å². The van der Waals surface area contributed by atoms with E-state index in [1.54, 1.807) is 0 Å². The van der Waals surface area contributed by atoms with Gasteiger partial charge in [-0.3, -0.25) is 0 Å². The first-order chi connectivity index (χ1) is 8.36. The van der Waals surface area contributed by atoms with Crippen molar-refractivity contribution in [3.63, 3.8) is 0 Å². The molecule has 0 radical (unpaired) electrons. The zero-order valence-corrected chi connectivity index (χ0v) is 12.0. The van der Waals surface area contributed by atoms with Crippen molar-refractivity contribution in [2.24, 2.45) is 10.8 Å². The molecule has 0 aliphatic heterocycles. The van der Waals surface area contributed by atoms with E-state index in [-0.39, 0.29) is 0 Å². The molecule has 0 bridgehead atoms. The minimum atomic E-state index is 0.434. The van der Waals surface area contributed by atoms with Gasteiger partial charge in [0.15, 0.2) is 6.33 Å². The van der Waals surface area contributed by atoms with Crippen LogP contribution in [0.3, 0.4) is 0 Å². The summed E-state index contributed by atoms with van der Waals surface area (Å²) in [5.74, 6) is 0.719. The van der Waals surface area contributed by atoms with E-state index in [2.05, 4.69) is 43.2 Å². The molecule has 1 aromatic rings. The third-order valence-corrected chi connectivity index (χ3v) is 3.73. The van der Waals surface area contributed by atoms with Crippen molar-refractivity contribution in [1.82, 2.24) is 15.5 Å². The molecule has 0 amide bonds. The molecule has 1 aromatic heterocycles. The molecule has 2 rings (SSSR count). The van der Waals surface area contributed by atoms with Gasteiger partial charge in [-0.25, -0.2) is 0 Å². The number of hydrogen-bond donors (Lipinski definition) is 1. The molecule has 1 heterocycles. The molecule has 1 aliphatic carbocycles. The predicted molar refractivity (Wildman–Crippen MR) is 71.2 cm³/mol. The largest absolute Gasteiger partial charge is 0.340 e. The third kappa shape index (κ3) is 3.80. The summed E-state index contributed by atoms with van der Waals surface area (Å²) >= 11 is 0. The average Bonchev–Trinajstić information content (AvgIpc) is 2.65. The number of aromatic nitrogens is 2. The SMILES string of the molecule is CC1(C)CC(NCCc2ncno2)CC(C)(C)C1. The molecule has 0 aromatic carbocycles. The van der Waals surface area contributed by atoms with Crippen molar-refractivity contribution in [3.05, 3.63) is 12.2 Å². The molecule has 1 N–H and O–H groups in total. The van der Waals surface area contributed by atoms with Crippen LogP contribution < -0.4 is 5.32 Å². The minimum absolute atomic E-state index is 0.434. The van der Waals surface area contributed by atoms with Crippen LogP contribution in [0.4, 0.5) is 0 Å². The van der Waals surface area contributed by atoms with Gasteiger partial charge in [0.1, 0.15) is 0 Å². The molecular weight excluding hydrogens is 226 g/mol. The third-order valence-electron chi connectivity index (χ3n) is 3.73. The van der Waals surface area contributed by atoms with E-state index in [1.807, 2.05) is 0 Å². The Hall–Kier alpha value is -0.900. The molecule has 4 nitrogen and oxygen atoms in total. The minimum Gasteiger partial charge on any atom is -0.340 e. The summed E-state index contributed by atoms with van der Waals surface area (Å²) in [6, 6.07) is 0.603. The zero-order chi connectivity index (χ0) is 13.2. The quantitative estimate of drug-likeness (QED) is 0.894. The van der Waals surface area contributed by atoms with Gasteiger partial charge in [0.2, 0.25) is 5.89 Å². The van der Waals surface area contributed by atoms with Crippen molar-refractivity contribution < 1.29 is 4.52 Å². The highest BCUT2D eigenvalue weighted by Crippen LogP contribution is 2.45. The average molecular weight is 251 g/mol. The van der Waals surface area contributed by atoms with Crippen LogP contribution in [0.15, 0.2) is 10.9 Å². The number of rotatable bonds is 4. The maximum absolute atomic E-state index is 5.00. The Labute approximate surface area is 110 Å². The molecule has 4 heteroatoms. The van der Waals surface area contributed by atoms with Gasteiger partial charge in [0.25, 0.3) is 0 Å². The molecule has 0 spiro atoms. The number of hydrogen-bond acceptors (Lipinski definition) is 4. The van der Waals surface area contributed by atoms with Gasteiger partial charge in [0.05, 0.1) is 0 Å². The molecule has 0 atom stereocenters. The standard InChI is InChI=1S/C14H25N3O/c1-13(2)7-11(8-14(3,4)9-13)15-6-5-12-16-10-17-18-12/h10-11,15H,5-9H2,1-4H3. The van der Waals surface area contributed by atoms with Crippen molar-refractivity contribution in [1.29, 1.82) is 0 Å². The highest BCUT2D eigenvalue weighted by Gasteiger charge is 2.37. The lowest BCUT2D eigenvalue weighted by molar-refractivity contribution is 0.0852. The van der Waals surface area contributed by atoms with E-state index in [1.165, 1.54) is 25.6 Å². The second kappa shape index (κ2) is 5.00. The van der Waals surface area contributed by atoms with Gasteiger partial charge in [-0.2, -0.15) is 4.98 Å². The summed E-state index contributed by atoms with van der Waals surface area (Å²) in [6.45, 7) is 10.4. The first-order valence-electron chi connectivity index (χ1n) is 6.85. The van der Waals surface area contributed by atoms with Gasteiger partial charge in [-0.05, 0) is 30.1 Å². The molecule has 0 unspecified atom stereocenters. The van der Waals surface area contributed by atoms with Gasteiger partial charge in [0, 0.05) is 19.0 Å². The second-order valence-electron chi connectivity index (χ2n) is 7.15. The van der Waals surface area contributed by atoms with Gasteiger partial charge >= 0.3 is 0 Å². The normalized spacial score (nSPS) is 23.1. The molecule has 1 fully saturated rings. The predicted octanol–water partition coefficient (Wildman–Crippen LogP) is 2.81. The van der Waals surface area contributed by atoms with Gasteiger partial charge in [-0.15, -0.1) is 0 Å². The summed E-state index contributed by atoms with van der Waals surface area (Å²) in [5, 5.41) is 7.26. The van der Waals surface area contributed by atoms with Crippen LogP contribution in [0.1, 0.15) is 52.8 Å². The Morgan fingerprint density at radius 2 is 1.94 bits per heavy atom. The fourth-order valence-electron chi connectivity index (χ4n) is 3.68. The van der Waals surface area contributed by atoms with Crippen LogP contribution in [0.2, 0.25) is 0 Å². The van der Waals surface area contributed by atoms with Crippen molar-refractivity contribution in [2.75, 3.05) is 6.54 Å². The highest BCUT2D eigenvalue weighted by molar-refractivity contribution is 4.92. The van der Waals surface area contributed by atoms with E-state index >= 15 is 0 Å². The lowest BCUT2D eigenvalue weighted by Crippen LogP contribution is -2.44. The van der Waals surface area contributed by atoms with Crippen molar-refractivity contribution >= 4 is 0 Å². The fraction of sp³-hybridized carbons (Fsp3) is 0.857. The van der Waals surface area contributed by atoms with Crippen LogP contribution in [-0.2, 0) is 6.42 Å². The van der Waals surface area contributed by atoms with Crippen LogP contribution in [0, 0.1) is 10.8 Å².